The third kappa shape index (κ3) is 20.9. The van der Waals surface area contributed by atoms with E-state index in [4.69, 9.17) is 4.74 Å². The number of fused-ring (bicyclic) bond motifs is 1. The Balaban J connectivity index is 1.30. The highest BCUT2D eigenvalue weighted by Gasteiger charge is 2.55. The number of alkyl halides is 5. The molecule has 3 aliphatic heterocycles. The van der Waals surface area contributed by atoms with E-state index in [1.807, 2.05) is 13.8 Å². The van der Waals surface area contributed by atoms with Crippen molar-refractivity contribution in [1.82, 2.24) is 60.0 Å². The first kappa shape index (κ1) is 84.5. The van der Waals surface area contributed by atoms with Crippen molar-refractivity contribution in [2.45, 2.75) is 268 Å². The monoisotopic (exact) mass is 1480 g/mol. The van der Waals surface area contributed by atoms with Gasteiger partial charge in [0.2, 0.25) is 70.9 Å². The lowest BCUT2D eigenvalue weighted by atomic mass is 9.76. The van der Waals surface area contributed by atoms with Crippen LogP contribution in [0.5, 0.6) is 0 Å². The molecule has 0 aromatic rings. The van der Waals surface area contributed by atoms with Gasteiger partial charge in [-0.1, -0.05) is 98.3 Å². The summed E-state index contributed by atoms with van der Waals surface area (Å²) in [6.07, 6.45) is -3.85. The van der Waals surface area contributed by atoms with Gasteiger partial charge in [-0.25, -0.2) is 8.78 Å². The normalized spacial score (nSPS) is 31.9. The average Bonchev–Trinajstić information content (AvgIpc) is 1.46. The molecule has 1 spiro atoms. The minimum absolute atomic E-state index is 0.0401. The van der Waals surface area contributed by atoms with Crippen LogP contribution in [0.15, 0.2) is 0 Å². The fourth-order valence-electron chi connectivity index (χ4n) is 17.1. The molecule has 7 rings (SSSR count). The number of likely N-dealkylation sites (tertiary alicyclic amines) is 1. The fourth-order valence-corrected chi connectivity index (χ4v) is 17.1. The van der Waals surface area contributed by atoms with Crippen molar-refractivity contribution in [2.75, 3.05) is 95.2 Å². The maximum atomic E-state index is 15.8. The van der Waals surface area contributed by atoms with E-state index >= 15 is 28.0 Å². The van der Waals surface area contributed by atoms with Gasteiger partial charge >= 0.3 is 6.18 Å². The first-order chi connectivity index (χ1) is 49.1. The summed E-state index contributed by atoms with van der Waals surface area (Å²) in [5.41, 5.74) is -1.66. The lowest BCUT2D eigenvalue weighted by molar-refractivity contribution is -0.219. The van der Waals surface area contributed by atoms with E-state index < -0.39 is 206 Å². The Kier molecular flexibility index (Phi) is 30.6. The molecule has 30 heteroatoms. The summed E-state index contributed by atoms with van der Waals surface area (Å²) in [6, 6.07) is -9.24. The maximum Gasteiger partial charge on any atom is 0.397 e. The van der Waals surface area contributed by atoms with Crippen LogP contribution in [0.3, 0.4) is 0 Å². The van der Waals surface area contributed by atoms with E-state index in [2.05, 4.69) is 22.9 Å². The predicted molar refractivity (Wildman–Crippen MR) is 376 cm³/mol. The van der Waals surface area contributed by atoms with Gasteiger partial charge in [-0.2, -0.15) is 13.2 Å². The molecule has 0 bridgehead atoms. The number of likely N-dealkylation sites (N-methyl/N-ethyl adjacent to an activating group) is 7. The Bertz CT molecular complexity index is 3000. The fraction of sp³-hybridized carbons (Fsp3) is 0.838. The van der Waals surface area contributed by atoms with Crippen molar-refractivity contribution in [3.63, 3.8) is 0 Å². The van der Waals surface area contributed by atoms with Crippen LogP contribution in [-0.2, 0) is 62.3 Å². The summed E-state index contributed by atoms with van der Waals surface area (Å²) in [6.45, 7) is 8.00. The Morgan fingerprint density at radius 1 is 0.606 bits per heavy atom. The van der Waals surface area contributed by atoms with E-state index in [-0.39, 0.29) is 64.0 Å². The quantitative estimate of drug-likeness (QED) is 0.185. The lowest BCUT2D eigenvalue weighted by Crippen LogP contribution is -2.65. The minimum Gasteiger partial charge on any atom is -0.377 e. The molecule has 4 aliphatic carbocycles. The van der Waals surface area contributed by atoms with Gasteiger partial charge in [-0.15, -0.1) is 0 Å². The van der Waals surface area contributed by atoms with E-state index in [1.165, 1.54) is 73.8 Å². The third-order valence-corrected chi connectivity index (χ3v) is 23.9. The summed E-state index contributed by atoms with van der Waals surface area (Å²) < 4.78 is 78.8. The van der Waals surface area contributed by atoms with Crippen LogP contribution in [-0.4, -0.2) is 283 Å². The van der Waals surface area contributed by atoms with Gasteiger partial charge in [-0.05, 0) is 114 Å². The molecule has 4 saturated carbocycles. The standard InChI is InChI=1S/C74H119F5N12O13/c1-13-23-54-65(96)81-63(46(5)14-2)70(101)85(8)43-60(94)83(6)44-61(95)87(10)56(38-47-28-26-45(4)27-29-47)68(99)84(7)42-58(92)80-53(31-30-48-36-51(75)62(52(76)37-48)74(77,78)79)67(98)91-41-50(104-15-3)39-55(91)66(97)82-73(32-19-20-33-73)72(103)89(12)64(49-24-17-16-18-25-49)71(102)88(11)57(40-59(93)86(54)9)69(100)90-34-21-22-35-90/h45-57,62-64H,13-44H2,1-12H3,(H,80,92)(H,81,96)(H,82,97)/t45?,46-,47?,48?,50+,51?,52?,53-,54-,55-,56-,57-,62?,63-,64-/m0/s1. The molecule has 12 amide bonds. The van der Waals surface area contributed by atoms with Crippen LogP contribution in [0.25, 0.3) is 0 Å². The Morgan fingerprint density at radius 3 is 1.79 bits per heavy atom. The highest BCUT2D eigenvalue weighted by Crippen LogP contribution is 2.45. The largest absolute Gasteiger partial charge is 0.397 e. The Labute approximate surface area is 611 Å². The van der Waals surface area contributed by atoms with Gasteiger partial charge in [0.1, 0.15) is 66.1 Å². The smallest absolute Gasteiger partial charge is 0.377 e. The molecule has 588 valence electrons. The van der Waals surface area contributed by atoms with Crippen LogP contribution in [0.4, 0.5) is 22.0 Å². The molecule has 3 heterocycles. The molecule has 2 unspecified atom stereocenters. The van der Waals surface area contributed by atoms with Crippen LogP contribution in [0.1, 0.15) is 195 Å². The van der Waals surface area contributed by atoms with Crippen molar-refractivity contribution >= 4 is 70.9 Å². The number of carbonyl (C=O) groups excluding carboxylic acids is 12. The summed E-state index contributed by atoms with van der Waals surface area (Å²) in [4.78, 5) is 191. The van der Waals surface area contributed by atoms with Gasteiger partial charge in [0.05, 0.1) is 32.2 Å². The minimum atomic E-state index is -5.17. The van der Waals surface area contributed by atoms with Crippen molar-refractivity contribution in [3.05, 3.63) is 0 Å². The van der Waals surface area contributed by atoms with Crippen LogP contribution >= 0.6 is 0 Å². The zero-order valence-corrected chi connectivity index (χ0v) is 63.6. The van der Waals surface area contributed by atoms with Crippen LogP contribution in [0.2, 0.25) is 0 Å². The van der Waals surface area contributed by atoms with Crippen molar-refractivity contribution < 1.29 is 84.2 Å². The van der Waals surface area contributed by atoms with Crippen molar-refractivity contribution in [2.24, 2.45) is 35.5 Å². The number of rotatable bonds is 13. The third-order valence-electron chi connectivity index (χ3n) is 23.9. The lowest BCUT2D eigenvalue weighted by Gasteiger charge is -2.43. The second kappa shape index (κ2) is 37.7. The highest BCUT2D eigenvalue weighted by atomic mass is 19.4. The summed E-state index contributed by atoms with van der Waals surface area (Å²) >= 11 is 0. The second-order valence-electron chi connectivity index (χ2n) is 31.4. The van der Waals surface area contributed by atoms with E-state index in [9.17, 15) is 51.5 Å². The van der Waals surface area contributed by atoms with Gasteiger partial charge in [0.25, 0.3) is 0 Å². The number of halogens is 5. The van der Waals surface area contributed by atoms with Crippen molar-refractivity contribution in [1.29, 1.82) is 0 Å². The maximum absolute atomic E-state index is 15.8. The summed E-state index contributed by atoms with van der Waals surface area (Å²) in [5, 5.41) is 8.63. The second-order valence-corrected chi connectivity index (χ2v) is 31.4. The summed E-state index contributed by atoms with van der Waals surface area (Å²) in [7, 11) is 9.80. The van der Waals surface area contributed by atoms with Gasteiger partial charge in [-0.3, -0.25) is 57.5 Å². The molecule has 0 aromatic heterocycles. The molecule has 11 atom stereocenters. The molecule has 3 saturated heterocycles. The predicted octanol–water partition coefficient (Wildman–Crippen LogP) is 5.79. The SMILES string of the molecule is CCC[C@H]1C(=O)N[C@@H]([C@@H](C)CC)C(=O)N(C)CC(=O)N(C)CC(=O)N(C)[C@@H](CC2CCC(C)CC2)C(=O)N(C)CC(=O)N[C@@H](CCC2CC(F)C(C(F)(F)F)C(F)C2)C(=O)N2C[C@H](OCC)C[C@H]2C(=O)NC2(CCCC2)C(=O)N(C)[C@@H](C2CCCCC2)C(=O)N(C)[C@H](C(=O)N2CCCC2)CC(=O)N1C. The molecule has 25 nitrogen and oxygen atoms in total. The van der Waals surface area contributed by atoms with Crippen LogP contribution in [0, 0.1) is 35.5 Å². The number of nitrogens with zero attached hydrogens (tertiary/aromatic N) is 9. The molecule has 0 radical (unpaired) electrons. The van der Waals surface area contributed by atoms with Crippen molar-refractivity contribution in [3.8, 4) is 0 Å². The molecular formula is C74H119F5N12O13. The molecular weight excluding hydrogens is 1360 g/mol. The van der Waals surface area contributed by atoms with Gasteiger partial charge < -0.3 is 64.8 Å². The molecule has 3 N–H and O–H groups in total. The molecule has 0 aromatic carbocycles. The van der Waals surface area contributed by atoms with E-state index in [1.54, 1.807) is 18.7 Å². The zero-order valence-electron chi connectivity index (χ0n) is 63.6. The molecule has 104 heavy (non-hydrogen) atoms. The number of ether oxygens (including phenoxy) is 1. The number of nitrogens with one attached hydrogen (secondary N) is 3. The first-order valence-corrected chi connectivity index (χ1v) is 38.3. The number of hydrogen-bond donors (Lipinski definition) is 3. The van der Waals surface area contributed by atoms with Crippen LogP contribution < -0.4 is 16.0 Å². The van der Waals surface area contributed by atoms with E-state index in [0.29, 0.717) is 83.2 Å². The topological polar surface area (TPSA) is 279 Å². The van der Waals surface area contributed by atoms with Gasteiger partial charge in [0, 0.05) is 82.0 Å². The zero-order chi connectivity index (χ0) is 76.8. The average molecular weight is 1480 g/mol. The molecule has 7 fully saturated rings. The first-order valence-electron chi connectivity index (χ1n) is 38.3. The number of amides is 12. The Hall–Kier alpha value is -6.75. The Morgan fingerprint density at radius 2 is 1.20 bits per heavy atom. The summed E-state index contributed by atoms with van der Waals surface area (Å²) in [5.74, 6) is -12.8. The van der Waals surface area contributed by atoms with E-state index in [0.717, 1.165) is 46.8 Å². The molecule has 7 aliphatic rings. The van der Waals surface area contributed by atoms with Gasteiger partial charge in [0.15, 0.2) is 0 Å². The number of hydrogen-bond acceptors (Lipinski definition) is 13. The highest BCUT2D eigenvalue weighted by molar-refractivity contribution is 6.01. The number of carbonyl (C=O) groups is 12.